The number of aromatic nitrogens is 5. The average Bonchev–Trinajstić information content (AvgIpc) is 3.56. The quantitative estimate of drug-likeness (QED) is 0.534. The summed E-state index contributed by atoms with van der Waals surface area (Å²) in [7, 11) is -3.50. The highest BCUT2D eigenvalue weighted by Crippen LogP contribution is 2.46. The van der Waals surface area contributed by atoms with E-state index in [1.165, 1.54) is 32.0 Å². The second kappa shape index (κ2) is 8.77. The minimum atomic E-state index is -3.50. The number of aryl methyl sites for hydroxylation is 1. The van der Waals surface area contributed by atoms with Crippen LogP contribution >= 0.6 is 11.3 Å². The van der Waals surface area contributed by atoms with E-state index in [-0.39, 0.29) is 16.5 Å². The summed E-state index contributed by atoms with van der Waals surface area (Å²) in [5.74, 6) is 0. The molecule has 0 amide bonds. The second-order valence-electron chi connectivity index (χ2n) is 9.87. The van der Waals surface area contributed by atoms with Gasteiger partial charge in [-0.15, -0.1) is 16.4 Å². The molecule has 12 heteroatoms. The Hall–Kier alpha value is -2.12. The van der Waals surface area contributed by atoms with Gasteiger partial charge in [-0.25, -0.2) is 13.1 Å². The number of H-pyrrole nitrogens is 1. The number of rotatable bonds is 6. The van der Waals surface area contributed by atoms with Crippen molar-refractivity contribution in [2.45, 2.75) is 68.7 Å². The third-order valence-corrected chi connectivity index (χ3v) is 10.8. The van der Waals surface area contributed by atoms with Crippen molar-refractivity contribution in [2.24, 2.45) is 0 Å². The number of hydrogen-bond acceptors (Lipinski definition) is 8. The van der Waals surface area contributed by atoms with Gasteiger partial charge in [-0.05, 0) is 37.8 Å². The lowest BCUT2D eigenvalue weighted by atomic mass is 9.79. The third kappa shape index (κ3) is 4.05. The third-order valence-electron chi connectivity index (χ3n) is 7.69. The van der Waals surface area contributed by atoms with E-state index in [4.69, 9.17) is 4.74 Å². The van der Waals surface area contributed by atoms with E-state index in [1.807, 2.05) is 17.5 Å². The van der Waals surface area contributed by atoms with E-state index in [0.717, 1.165) is 51.1 Å². The van der Waals surface area contributed by atoms with Crippen LogP contribution in [0.4, 0.5) is 0 Å². The van der Waals surface area contributed by atoms with E-state index >= 15 is 0 Å². The van der Waals surface area contributed by atoms with Gasteiger partial charge < -0.3 is 4.74 Å². The molecule has 3 aliphatic rings. The summed E-state index contributed by atoms with van der Waals surface area (Å²) < 4.78 is 34.9. The Morgan fingerprint density at radius 3 is 2.94 bits per heavy atom. The first kappa shape index (κ1) is 23.3. The smallest absolute Gasteiger partial charge is 0.246 e. The van der Waals surface area contributed by atoms with Crippen LogP contribution in [0.5, 0.6) is 0 Å². The molecule has 6 heterocycles. The normalized spacial score (nSPS) is 26.2. The van der Waals surface area contributed by atoms with Crippen LogP contribution in [-0.4, -0.2) is 75.1 Å². The monoisotopic (exact) mass is 517 g/mol. The average molecular weight is 518 g/mol. The molecule has 0 unspecified atom stereocenters. The minimum Gasteiger partial charge on any atom is -0.370 e. The zero-order valence-corrected chi connectivity index (χ0v) is 21.7. The van der Waals surface area contributed by atoms with Gasteiger partial charge in [0.25, 0.3) is 0 Å². The lowest BCUT2D eigenvalue weighted by Crippen LogP contribution is -2.50. The second-order valence-corrected chi connectivity index (χ2v) is 13.0. The fourth-order valence-corrected chi connectivity index (χ4v) is 8.19. The number of nitrogens with zero attached hydrogens (tertiary/aromatic N) is 6. The Morgan fingerprint density at radius 1 is 1.34 bits per heavy atom. The fourth-order valence-electron chi connectivity index (χ4n) is 5.59. The Morgan fingerprint density at radius 2 is 2.20 bits per heavy atom. The molecule has 3 aromatic rings. The highest BCUT2D eigenvalue weighted by Gasteiger charge is 2.44. The number of piperidine rings is 1. The van der Waals surface area contributed by atoms with E-state index in [1.54, 1.807) is 4.68 Å². The van der Waals surface area contributed by atoms with Crippen molar-refractivity contribution in [1.29, 1.82) is 0 Å². The van der Waals surface area contributed by atoms with E-state index in [9.17, 15) is 8.42 Å². The zero-order chi connectivity index (χ0) is 24.2. The van der Waals surface area contributed by atoms with Crippen LogP contribution in [0.3, 0.4) is 0 Å². The highest BCUT2D eigenvalue weighted by atomic mass is 32.2. The van der Waals surface area contributed by atoms with Gasteiger partial charge >= 0.3 is 0 Å². The van der Waals surface area contributed by atoms with E-state index < -0.39 is 10.0 Å². The summed E-state index contributed by atoms with van der Waals surface area (Å²) in [5, 5.41) is 15.0. The van der Waals surface area contributed by atoms with Crippen LogP contribution in [0.1, 0.15) is 53.7 Å². The predicted octanol–water partition coefficient (Wildman–Crippen LogP) is 2.32. The van der Waals surface area contributed by atoms with Crippen molar-refractivity contribution < 1.29 is 13.2 Å². The molecule has 1 N–H and O–H groups in total. The molecule has 35 heavy (non-hydrogen) atoms. The lowest BCUT2D eigenvalue weighted by molar-refractivity contribution is -0.112. The molecule has 0 bridgehead atoms. The van der Waals surface area contributed by atoms with Gasteiger partial charge in [0, 0.05) is 54.6 Å². The first-order valence-corrected chi connectivity index (χ1v) is 14.5. The Bertz CT molecular complexity index is 1300. The summed E-state index contributed by atoms with van der Waals surface area (Å²) in [4.78, 5) is 5.62. The number of ether oxygens (including phenoxy) is 1. The predicted molar refractivity (Wildman–Crippen MR) is 131 cm³/mol. The molecule has 0 saturated carbocycles. The first-order valence-electron chi connectivity index (χ1n) is 12.3. The molecule has 1 spiro atoms. The highest BCUT2D eigenvalue weighted by molar-refractivity contribution is 7.89. The Kier molecular flexibility index (Phi) is 5.83. The number of nitrogens with one attached hydrogen (secondary N) is 1. The molecule has 0 aliphatic carbocycles. The number of thiophene rings is 1. The zero-order valence-electron chi connectivity index (χ0n) is 20.1. The number of hydrogen-bond donors (Lipinski definition) is 1. The van der Waals surface area contributed by atoms with Gasteiger partial charge in [-0.3, -0.25) is 10.00 Å². The fraction of sp³-hybridized carbons (Fsp3) is 0.609. The van der Waals surface area contributed by atoms with Gasteiger partial charge in [-0.1, -0.05) is 12.1 Å². The molecule has 0 aromatic carbocycles. The first-order chi connectivity index (χ1) is 16.9. The lowest BCUT2D eigenvalue weighted by Gasteiger charge is -2.47. The van der Waals surface area contributed by atoms with Gasteiger partial charge in [0.1, 0.15) is 4.90 Å². The Balaban J connectivity index is 1.08. The molecular weight excluding hydrogens is 486 g/mol. The van der Waals surface area contributed by atoms with Crippen LogP contribution in [0.25, 0.3) is 0 Å². The molecule has 3 aromatic heterocycles. The van der Waals surface area contributed by atoms with Crippen molar-refractivity contribution in [3.05, 3.63) is 45.7 Å². The van der Waals surface area contributed by atoms with Crippen molar-refractivity contribution in [3.8, 4) is 0 Å². The van der Waals surface area contributed by atoms with E-state index in [2.05, 4.69) is 45.3 Å². The molecular formula is C23H31N7O3S2. The maximum Gasteiger partial charge on any atom is 0.246 e. The summed E-state index contributed by atoms with van der Waals surface area (Å²) in [6, 6.07) is 2.76. The standard InChI is InChI=1S/C23H31N7O3S2/c1-3-19-8-21-22(34-19)4-7-33-23(21)5-6-28(16(2)9-23)12-17-13-30(27-26-17)18-14-29(15-18)35(31,32)20-10-24-25-11-20/h8,10-11,13,16,18H,3-7,9,12,14-15H2,1-2H3,(H,24,25)/t16-,23+/m0/s1. The molecule has 3 aliphatic heterocycles. The maximum atomic E-state index is 12.6. The minimum absolute atomic E-state index is 0.000358. The molecule has 10 nitrogen and oxygen atoms in total. The summed E-state index contributed by atoms with van der Waals surface area (Å²) >= 11 is 1.96. The summed E-state index contributed by atoms with van der Waals surface area (Å²) in [6.45, 7) is 7.77. The summed E-state index contributed by atoms with van der Waals surface area (Å²) in [5.41, 5.74) is 2.20. The summed E-state index contributed by atoms with van der Waals surface area (Å²) in [6.07, 6.45) is 8.79. The van der Waals surface area contributed by atoms with Gasteiger partial charge in [0.15, 0.2) is 0 Å². The van der Waals surface area contributed by atoms with Crippen LogP contribution < -0.4 is 0 Å². The van der Waals surface area contributed by atoms with Crippen molar-refractivity contribution in [1.82, 2.24) is 34.4 Å². The molecule has 188 valence electrons. The molecule has 2 saturated heterocycles. The van der Waals surface area contributed by atoms with Gasteiger partial charge in [-0.2, -0.15) is 9.40 Å². The molecule has 2 atom stereocenters. The SMILES string of the molecule is CCc1cc2c(s1)CCO[C@@]21CCN(Cc2cn(C3CN(S(=O)(=O)c4cn[nH]c4)C3)nn2)[C@@H](C)C1. The van der Waals surface area contributed by atoms with Gasteiger partial charge in [0.2, 0.25) is 10.0 Å². The van der Waals surface area contributed by atoms with Crippen LogP contribution in [0.2, 0.25) is 0 Å². The number of sulfonamides is 1. The number of likely N-dealkylation sites (tertiary alicyclic amines) is 1. The Labute approximate surface area is 209 Å². The van der Waals surface area contributed by atoms with Gasteiger partial charge in [0.05, 0.1) is 36.3 Å². The maximum absolute atomic E-state index is 12.6. The number of aromatic amines is 1. The topological polar surface area (TPSA) is 109 Å². The van der Waals surface area contributed by atoms with Crippen LogP contribution in [0.15, 0.2) is 29.6 Å². The van der Waals surface area contributed by atoms with Crippen LogP contribution in [-0.2, 0) is 39.7 Å². The molecule has 2 fully saturated rings. The van der Waals surface area contributed by atoms with Crippen molar-refractivity contribution in [3.63, 3.8) is 0 Å². The molecule has 6 rings (SSSR count). The van der Waals surface area contributed by atoms with Crippen molar-refractivity contribution >= 4 is 21.4 Å². The number of fused-ring (bicyclic) bond motifs is 2. The molecule has 0 radical (unpaired) electrons. The van der Waals surface area contributed by atoms with E-state index in [0.29, 0.717) is 19.1 Å². The largest absolute Gasteiger partial charge is 0.370 e. The van der Waals surface area contributed by atoms with Crippen LogP contribution in [0, 0.1) is 0 Å². The van der Waals surface area contributed by atoms with Crippen molar-refractivity contribution in [2.75, 3.05) is 26.2 Å².